The molecule has 1 amide bonds. The molecule has 1 atom stereocenters. The maximum atomic E-state index is 12.5. The van der Waals surface area contributed by atoms with Crippen molar-refractivity contribution in [2.75, 3.05) is 7.05 Å². The van der Waals surface area contributed by atoms with Crippen LogP contribution in [0.3, 0.4) is 0 Å². The van der Waals surface area contributed by atoms with Gasteiger partial charge in [0.15, 0.2) is 11.5 Å². The number of carbonyl (C=O) groups excluding carboxylic acids is 2. The number of hydrogen-bond donors (Lipinski definition) is 0. The number of hydrogen-bond acceptors (Lipinski definition) is 5. The second-order valence-corrected chi connectivity index (χ2v) is 6.76. The Kier molecular flexibility index (Phi) is 5.40. The van der Waals surface area contributed by atoms with Crippen molar-refractivity contribution in [3.8, 4) is 0 Å². The van der Waals surface area contributed by atoms with Gasteiger partial charge in [-0.25, -0.2) is 4.79 Å². The van der Waals surface area contributed by atoms with Gasteiger partial charge in [-0.05, 0) is 31.9 Å². The maximum Gasteiger partial charge on any atom is 0.375 e. The van der Waals surface area contributed by atoms with Crippen molar-refractivity contribution in [1.29, 1.82) is 0 Å². The van der Waals surface area contributed by atoms with E-state index in [-0.39, 0.29) is 23.1 Å². The molecule has 26 heavy (non-hydrogen) atoms. The van der Waals surface area contributed by atoms with Crippen LogP contribution in [0.1, 0.15) is 49.6 Å². The molecule has 1 heterocycles. The van der Waals surface area contributed by atoms with E-state index >= 15 is 0 Å². The van der Waals surface area contributed by atoms with Gasteiger partial charge in [0.2, 0.25) is 5.76 Å². The lowest BCUT2D eigenvalue weighted by molar-refractivity contribution is -0.141. The first-order valence-corrected chi connectivity index (χ1v) is 8.98. The predicted molar refractivity (Wildman–Crippen MR) is 97.0 cm³/mol. The Morgan fingerprint density at radius 3 is 2.62 bits per heavy atom. The summed E-state index contributed by atoms with van der Waals surface area (Å²) in [7, 11) is 1.75. The number of benzene rings is 1. The molecule has 1 fully saturated rings. The van der Waals surface area contributed by atoms with Gasteiger partial charge in [-0.15, -0.1) is 0 Å². The summed E-state index contributed by atoms with van der Waals surface area (Å²) in [6.45, 7) is 1.54. The second-order valence-electron chi connectivity index (χ2n) is 6.76. The van der Waals surface area contributed by atoms with E-state index in [1.54, 1.807) is 43.1 Å². The molecule has 0 saturated heterocycles. The summed E-state index contributed by atoms with van der Waals surface area (Å²) in [4.78, 5) is 38.6. The standard InChI is InChI=1S/C20H23NO5/c1-13(19(23)21(2)14-8-4-3-5-9-14)25-20(24)18-12-16(22)15-10-6-7-11-17(15)26-18/h6-7,10-14H,3-5,8-9H2,1-2H3/t13-/m1/s1. The Balaban J connectivity index is 1.70. The highest BCUT2D eigenvalue weighted by atomic mass is 16.6. The number of para-hydroxylation sites is 1. The van der Waals surface area contributed by atoms with Crippen molar-refractivity contribution in [2.45, 2.75) is 51.2 Å². The van der Waals surface area contributed by atoms with E-state index < -0.39 is 12.1 Å². The van der Waals surface area contributed by atoms with Crippen molar-refractivity contribution in [2.24, 2.45) is 0 Å². The average Bonchev–Trinajstić information content (AvgIpc) is 2.67. The topological polar surface area (TPSA) is 76.8 Å². The van der Waals surface area contributed by atoms with Crippen LogP contribution in [-0.4, -0.2) is 36.0 Å². The number of likely N-dealkylation sites (N-methyl/N-ethyl adjacent to an activating group) is 1. The Hall–Kier alpha value is -2.63. The molecule has 138 valence electrons. The Morgan fingerprint density at radius 2 is 1.88 bits per heavy atom. The maximum absolute atomic E-state index is 12.5. The third kappa shape index (κ3) is 3.79. The molecule has 0 unspecified atom stereocenters. The van der Waals surface area contributed by atoms with Crippen LogP contribution in [0.4, 0.5) is 0 Å². The fourth-order valence-electron chi connectivity index (χ4n) is 3.41. The zero-order valence-corrected chi connectivity index (χ0v) is 15.1. The zero-order chi connectivity index (χ0) is 18.7. The quantitative estimate of drug-likeness (QED) is 0.786. The second kappa shape index (κ2) is 7.72. The minimum absolute atomic E-state index is 0.191. The molecular weight excluding hydrogens is 334 g/mol. The summed E-state index contributed by atoms with van der Waals surface area (Å²) >= 11 is 0. The molecule has 0 spiro atoms. The highest BCUT2D eigenvalue weighted by molar-refractivity contribution is 5.91. The van der Waals surface area contributed by atoms with E-state index in [2.05, 4.69) is 0 Å². The van der Waals surface area contributed by atoms with Gasteiger partial charge < -0.3 is 14.1 Å². The summed E-state index contributed by atoms with van der Waals surface area (Å²) in [6.07, 6.45) is 4.43. The lowest BCUT2D eigenvalue weighted by Crippen LogP contribution is -2.44. The van der Waals surface area contributed by atoms with Gasteiger partial charge in [0.05, 0.1) is 5.39 Å². The molecule has 2 aromatic rings. The van der Waals surface area contributed by atoms with Gasteiger partial charge in [0.25, 0.3) is 5.91 Å². The number of nitrogens with zero attached hydrogens (tertiary/aromatic N) is 1. The molecule has 0 radical (unpaired) electrons. The summed E-state index contributed by atoms with van der Waals surface area (Å²) in [6, 6.07) is 7.97. The largest absolute Gasteiger partial charge is 0.449 e. The van der Waals surface area contributed by atoms with Crippen LogP contribution in [-0.2, 0) is 9.53 Å². The van der Waals surface area contributed by atoms with Crippen LogP contribution in [0.15, 0.2) is 39.5 Å². The smallest absolute Gasteiger partial charge is 0.375 e. The van der Waals surface area contributed by atoms with Crippen LogP contribution in [0.25, 0.3) is 11.0 Å². The predicted octanol–water partition coefficient (Wildman–Crippen LogP) is 3.13. The van der Waals surface area contributed by atoms with Crippen molar-refractivity contribution < 1.29 is 18.7 Å². The molecule has 1 aromatic carbocycles. The molecule has 6 nitrogen and oxygen atoms in total. The number of ether oxygens (including phenoxy) is 1. The minimum atomic E-state index is -0.939. The van der Waals surface area contributed by atoms with Gasteiger partial charge in [-0.1, -0.05) is 31.4 Å². The minimum Gasteiger partial charge on any atom is -0.449 e. The number of rotatable bonds is 4. The van der Waals surface area contributed by atoms with Crippen LogP contribution in [0.2, 0.25) is 0 Å². The van der Waals surface area contributed by atoms with Crippen molar-refractivity contribution >= 4 is 22.8 Å². The number of esters is 1. The van der Waals surface area contributed by atoms with E-state index in [1.165, 1.54) is 6.42 Å². The van der Waals surface area contributed by atoms with Gasteiger partial charge >= 0.3 is 5.97 Å². The molecule has 0 bridgehead atoms. The first-order chi connectivity index (χ1) is 12.5. The molecule has 1 aliphatic rings. The van der Waals surface area contributed by atoms with Gasteiger partial charge in [-0.2, -0.15) is 0 Å². The van der Waals surface area contributed by atoms with Gasteiger partial charge in [-0.3, -0.25) is 9.59 Å². The van der Waals surface area contributed by atoms with Crippen LogP contribution in [0, 0.1) is 0 Å². The third-order valence-electron chi connectivity index (χ3n) is 4.94. The molecular formula is C20H23NO5. The molecule has 6 heteroatoms. The summed E-state index contributed by atoms with van der Waals surface area (Å²) in [5.41, 5.74) is -0.0117. The number of fused-ring (bicyclic) bond motifs is 1. The van der Waals surface area contributed by atoms with Crippen LogP contribution >= 0.6 is 0 Å². The fourth-order valence-corrected chi connectivity index (χ4v) is 3.41. The molecule has 1 aromatic heterocycles. The van der Waals surface area contributed by atoms with E-state index in [4.69, 9.17) is 9.15 Å². The molecule has 1 aliphatic carbocycles. The third-order valence-corrected chi connectivity index (χ3v) is 4.94. The number of amides is 1. The summed E-state index contributed by atoms with van der Waals surface area (Å²) < 4.78 is 10.7. The Morgan fingerprint density at radius 1 is 1.19 bits per heavy atom. The monoisotopic (exact) mass is 357 g/mol. The van der Waals surface area contributed by atoms with Crippen molar-refractivity contribution in [1.82, 2.24) is 4.90 Å². The summed E-state index contributed by atoms with van der Waals surface area (Å²) in [5.74, 6) is -1.26. The van der Waals surface area contributed by atoms with Gasteiger partial charge in [0.1, 0.15) is 5.58 Å². The first-order valence-electron chi connectivity index (χ1n) is 8.98. The molecule has 3 rings (SSSR count). The summed E-state index contributed by atoms with van der Waals surface area (Å²) in [5, 5.41) is 0.394. The Labute approximate surface area is 151 Å². The van der Waals surface area contributed by atoms with E-state index in [0.717, 1.165) is 31.7 Å². The highest BCUT2D eigenvalue weighted by Crippen LogP contribution is 2.22. The molecule has 1 saturated carbocycles. The lowest BCUT2D eigenvalue weighted by Gasteiger charge is -2.32. The number of carbonyl (C=O) groups is 2. The Bertz CT molecular complexity index is 866. The highest BCUT2D eigenvalue weighted by Gasteiger charge is 2.28. The average molecular weight is 357 g/mol. The normalized spacial score (nSPS) is 16.2. The van der Waals surface area contributed by atoms with Crippen LogP contribution < -0.4 is 5.43 Å². The molecule has 0 aliphatic heterocycles. The zero-order valence-electron chi connectivity index (χ0n) is 15.1. The van der Waals surface area contributed by atoms with Gasteiger partial charge in [0, 0.05) is 19.2 Å². The van der Waals surface area contributed by atoms with E-state index in [1.807, 2.05) is 0 Å². The van der Waals surface area contributed by atoms with E-state index in [0.29, 0.717) is 11.0 Å². The molecule has 0 N–H and O–H groups in total. The SMILES string of the molecule is C[C@@H](OC(=O)c1cc(=O)c2ccccc2o1)C(=O)N(C)C1CCCCC1. The lowest BCUT2D eigenvalue weighted by atomic mass is 9.94. The van der Waals surface area contributed by atoms with Crippen molar-refractivity contribution in [3.63, 3.8) is 0 Å². The fraction of sp³-hybridized carbons (Fsp3) is 0.450. The van der Waals surface area contributed by atoms with Crippen molar-refractivity contribution in [3.05, 3.63) is 46.3 Å². The first kappa shape index (κ1) is 18.2. The van der Waals surface area contributed by atoms with Crippen LogP contribution in [0.5, 0.6) is 0 Å². The van der Waals surface area contributed by atoms with E-state index in [9.17, 15) is 14.4 Å².